The van der Waals surface area contributed by atoms with Crippen LogP contribution in [0.2, 0.25) is 0 Å². The Labute approximate surface area is 112 Å². The fraction of sp³-hybridized carbons (Fsp3) is 0.500. The van der Waals surface area contributed by atoms with Gasteiger partial charge in [-0.2, -0.15) is 0 Å². The summed E-state index contributed by atoms with van der Waals surface area (Å²) >= 11 is 0. The molecule has 1 saturated heterocycles. The highest BCUT2D eigenvalue weighted by molar-refractivity contribution is 6.02. The number of rotatable bonds is 1. The van der Waals surface area contributed by atoms with Crippen LogP contribution >= 0.6 is 0 Å². The van der Waals surface area contributed by atoms with Gasteiger partial charge >= 0.3 is 0 Å². The van der Waals surface area contributed by atoms with E-state index in [1.165, 1.54) is 0 Å². The van der Waals surface area contributed by atoms with Crippen molar-refractivity contribution in [2.45, 2.75) is 13.0 Å². The lowest BCUT2D eigenvalue weighted by molar-refractivity contribution is -0.0123. The minimum absolute atomic E-state index is 0.0863. The third-order valence-corrected chi connectivity index (χ3v) is 3.57. The normalized spacial score (nSPS) is 22.2. The predicted octanol–water partition coefficient (Wildman–Crippen LogP) is 1.38. The number of fused-ring (bicyclic) bond motifs is 1. The molecule has 0 spiro atoms. The minimum atomic E-state index is 0.0863. The van der Waals surface area contributed by atoms with Crippen molar-refractivity contribution in [1.82, 2.24) is 4.90 Å². The van der Waals surface area contributed by atoms with E-state index in [0.717, 1.165) is 30.0 Å². The van der Waals surface area contributed by atoms with Gasteiger partial charge < -0.3 is 20.3 Å². The molecule has 0 radical (unpaired) electrons. The molecule has 1 atom stereocenters. The van der Waals surface area contributed by atoms with Gasteiger partial charge in [0.2, 0.25) is 0 Å². The van der Waals surface area contributed by atoms with Crippen molar-refractivity contribution in [3.05, 3.63) is 23.8 Å². The Balaban J connectivity index is 1.87. The van der Waals surface area contributed by atoms with E-state index in [4.69, 9.17) is 4.74 Å². The molecule has 1 aromatic rings. The summed E-state index contributed by atoms with van der Waals surface area (Å²) < 4.78 is 5.48. The molecule has 1 aromatic carbocycles. The highest BCUT2D eigenvalue weighted by atomic mass is 16.5. The molecule has 5 nitrogen and oxygen atoms in total. The molecule has 1 unspecified atom stereocenters. The van der Waals surface area contributed by atoms with Crippen molar-refractivity contribution in [3.63, 3.8) is 0 Å². The molecule has 0 aromatic heterocycles. The van der Waals surface area contributed by atoms with E-state index in [-0.39, 0.29) is 12.0 Å². The summed E-state index contributed by atoms with van der Waals surface area (Å²) in [7, 11) is 0. The molecule has 1 fully saturated rings. The van der Waals surface area contributed by atoms with E-state index in [0.29, 0.717) is 19.7 Å². The maximum Gasteiger partial charge on any atom is 0.256 e. The Morgan fingerprint density at radius 1 is 1.37 bits per heavy atom. The first-order valence-corrected chi connectivity index (χ1v) is 6.77. The van der Waals surface area contributed by atoms with Crippen molar-refractivity contribution in [2.24, 2.45) is 0 Å². The monoisotopic (exact) mass is 261 g/mol. The Kier molecular flexibility index (Phi) is 3.29. The number of anilines is 2. The highest BCUT2D eigenvalue weighted by Crippen LogP contribution is 2.29. The standard InChI is InChI=1S/C14H19N3O2/c1-10-9-17(7-8-19-10)14(18)11-3-2-4-12-13(11)16-6-5-15-12/h2-4,10,15-16H,5-9H2,1H3. The van der Waals surface area contributed by atoms with Crippen molar-refractivity contribution in [2.75, 3.05) is 43.4 Å². The number of amides is 1. The van der Waals surface area contributed by atoms with Gasteiger partial charge in [-0.25, -0.2) is 0 Å². The molecular formula is C14H19N3O2. The number of carbonyl (C=O) groups is 1. The van der Waals surface area contributed by atoms with Crippen LogP contribution in [-0.4, -0.2) is 49.7 Å². The van der Waals surface area contributed by atoms with Crippen molar-refractivity contribution < 1.29 is 9.53 Å². The second-order valence-corrected chi connectivity index (χ2v) is 5.01. The zero-order valence-electron chi connectivity index (χ0n) is 11.1. The minimum Gasteiger partial charge on any atom is -0.382 e. The van der Waals surface area contributed by atoms with Crippen LogP contribution in [0.5, 0.6) is 0 Å². The molecule has 2 aliphatic rings. The first-order valence-electron chi connectivity index (χ1n) is 6.77. The molecule has 2 N–H and O–H groups in total. The molecule has 3 rings (SSSR count). The zero-order valence-corrected chi connectivity index (χ0v) is 11.1. The summed E-state index contributed by atoms with van der Waals surface area (Å²) in [5.74, 6) is 0.0863. The predicted molar refractivity (Wildman–Crippen MR) is 74.7 cm³/mol. The summed E-state index contributed by atoms with van der Waals surface area (Å²) in [6.45, 7) is 5.68. The molecular weight excluding hydrogens is 242 g/mol. The Bertz CT molecular complexity index is 490. The quantitative estimate of drug-likeness (QED) is 0.802. The Hall–Kier alpha value is -1.75. The lowest BCUT2D eigenvalue weighted by Gasteiger charge is -2.32. The number of hydrogen-bond donors (Lipinski definition) is 2. The SMILES string of the molecule is CC1CN(C(=O)c2cccc3c2NCCN3)CCO1. The lowest BCUT2D eigenvalue weighted by atomic mass is 10.1. The Morgan fingerprint density at radius 2 is 2.21 bits per heavy atom. The summed E-state index contributed by atoms with van der Waals surface area (Å²) in [5.41, 5.74) is 2.69. The van der Waals surface area contributed by atoms with Gasteiger partial charge in [-0.1, -0.05) is 6.07 Å². The second-order valence-electron chi connectivity index (χ2n) is 5.01. The molecule has 102 valence electrons. The maximum atomic E-state index is 12.6. The molecule has 2 heterocycles. The van der Waals surface area contributed by atoms with Crippen LogP contribution in [0.4, 0.5) is 11.4 Å². The van der Waals surface area contributed by atoms with Gasteiger partial charge in [0.25, 0.3) is 5.91 Å². The first kappa shape index (κ1) is 12.3. The third kappa shape index (κ3) is 2.38. The van der Waals surface area contributed by atoms with Crippen molar-refractivity contribution >= 4 is 17.3 Å². The topological polar surface area (TPSA) is 53.6 Å². The smallest absolute Gasteiger partial charge is 0.256 e. The first-order chi connectivity index (χ1) is 9.25. The largest absolute Gasteiger partial charge is 0.382 e. The number of morpholine rings is 1. The van der Waals surface area contributed by atoms with Crippen LogP contribution in [0.3, 0.4) is 0 Å². The molecule has 5 heteroatoms. The average molecular weight is 261 g/mol. The molecule has 0 aliphatic carbocycles. The molecule has 19 heavy (non-hydrogen) atoms. The maximum absolute atomic E-state index is 12.6. The van der Waals surface area contributed by atoms with Crippen LogP contribution in [-0.2, 0) is 4.74 Å². The number of carbonyl (C=O) groups excluding carboxylic acids is 1. The number of nitrogens with one attached hydrogen (secondary N) is 2. The van der Waals surface area contributed by atoms with Gasteiger partial charge in [-0.05, 0) is 19.1 Å². The van der Waals surface area contributed by atoms with E-state index in [9.17, 15) is 4.79 Å². The lowest BCUT2D eigenvalue weighted by Crippen LogP contribution is -2.44. The second kappa shape index (κ2) is 5.09. The number of para-hydroxylation sites is 1. The van der Waals surface area contributed by atoms with Crippen LogP contribution in [0.25, 0.3) is 0 Å². The third-order valence-electron chi connectivity index (χ3n) is 3.57. The van der Waals surface area contributed by atoms with Gasteiger partial charge in [0, 0.05) is 26.2 Å². The molecule has 0 bridgehead atoms. The van der Waals surface area contributed by atoms with Crippen LogP contribution in [0.15, 0.2) is 18.2 Å². The van der Waals surface area contributed by atoms with Gasteiger partial charge in [0.15, 0.2) is 0 Å². The number of ether oxygens (including phenoxy) is 1. The Morgan fingerprint density at radius 3 is 3.05 bits per heavy atom. The molecule has 2 aliphatic heterocycles. The van der Waals surface area contributed by atoms with E-state index in [1.54, 1.807) is 0 Å². The van der Waals surface area contributed by atoms with Gasteiger partial charge in [0.05, 0.1) is 29.6 Å². The zero-order chi connectivity index (χ0) is 13.2. The number of benzene rings is 1. The summed E-state index contributed by atoms with van der Waals surface area (Å²) in [4.78, 5) is 14.5. The van der Waals surface area contributed by atoms with Crippen LogP contribution in [0, 0.1) is 0 Å². The molecule has 0 saturated carbocycles. The number of hydrogen-bond acceptors (Lipinski definition) is 4. The summed E-state index contributed by atoms with van der Waals surface area (Å²) in [6.07, 6.45) is 0.114. The van der Waals surface area contributed by atoms with E-state index in [2.05, 4.69) is 10.6 Å². The van der Waals surface area contributed by atoms with Gasteiger partial charge in [-0.15, -0.1) is 0 Å². The van der Waals surface area contributed by atoms with E-state index >= 15 is 0 Å². The summed E-state index contributed by atoms with van der Waals surface area (Å²) in [6, 6.07) is 5.82. The van der Waals surface area contributed by atoms with Crippen LogP contribution < -0.4 is 10.6 Å². The highest BCUT2D eigenvalue weighted by Gasteiger charge is 2.25. The fourth-order valence-corrected chi connectivity index (χ4v) is 2.63. The van der Waals surface area contributed by atoms with Gasteiger partial charge in [0.1, 0.15) is 0 Å². The fourth-order valence-electron chi connectivity index (χ4n) is 2.63. The van der Waals surface area contributed by atoms with Crippen molar-refractivity contribution in [3.8, 4) is 0 Å². The van der Waals surface area contributed by atoms with E-state index < -0.39 is 0 Å². The van der Waals surface area contributed by atoms with Gasteiger partial charge in [-0.3, -0.25) is 4.79 Å². The van der Waals surface area contributed by atoms with Crippen molar-refractivity contribution in [1.29, 1.82) is 0 Å². The summed E-state index contributed by atoms with van der Waals surface area (Å²) in [5, 5.41) is 6.63. The van der Waals surface area contributed by atoms with E-state index in [1.807, 2.05) is 30.0 Å². The van der Waals surface area contributed by atoms with Crippen LogP contribution in [0.1, 0.15) is 17.3 Å². The average Bonchev–Trinajstić information content (AvgIpc) is 2.46. The number of nitrogens with zero attached hydrogens (tertiary/aromatic N) is 1. The molecule has 1 amide bonds.